The van der Waals surface area contributed by atoms with Crippen LogP contribution in [0.15, 0.2) is 36.4 Å². The lowest BCUT2D eigenvalue weighted by molar-refractivity contribution is -0.140. The van der Waals surface area contributed by atoms with Crippen molar-refractivity contribution < 1.29 is 27.5 Å². The van der Waals surface area contributed by atoms with Crippen molar-refractivity contribution in [2.45, 2.75) is 25.9 Å². The summed E-state index contributed by atoms with van der Waals surface area (Å²) in [7, 11) is 0.328. The molecule has 2 aromatic carbocycles. The minimum absolute atomic E-state index is 0.101. The highest BCUT2D eigenvalue weighted by molar-refractivity contribution is 7.92. The Bertz CT molecular complexity index is 1160. The van der Waals surface area contributed by atoms with Crippen molar-refractivity contribution in [2.75, 3.05) is 38.4 Å². The van der Waals surface area contributed by atoms with Gasteiger partial charge in [0.1, 0.15) is 24.1 Å². The molecule has 9 nitrogen and oxygen atoms in total. The van der Waals surface area contributed by atoms with Gasteiger partial charge < -0.3 is 19.7 Å². The second-order valence-corrected chi connectivity index (χ2v) is 10.3. The van der Waals surface area contributed by atoms with Crippen molar-refractivity contribution in [3.63, 3.8) is 0 Å². The van der Waals surface area contributed by atoms with Crippen LogP contribution in [0.5, 0.6) is 11.5 Å². The Morgan fingerprint density at radius 3 is 2.20 bits per heavy atom. The number of nitrogens with zero attached hydrogens (tertiary/aromatic N) is 2. The molecule has 2 aromatic rings. The molecule has 0 fully saturated rings. The predicted octanol–water partition coefficient (Wildman–Crippen LogP) is 3.33. The minimum atomic E-state index is -3.95. The van der Waals surface area contributed by atoms with Crippen molar-refractivity contribution in [3.8, 4) is 11.5 Å². The average molecular weight is 546 g/mol. The van der Waals surface area contributed by atoms with Crippen LogP contribution in [0.25, 0.3) is 0 Å². The molecule has 192 valence electrons. The molecule has 0 saturated heterocycles. The lowest BCUT2D eigenvalue weighted by Gasteiger charge is -2.33. The summed E-state index contributed by atoms with van der Waals surface area (Å²) in [6.45, 7) is 1.04. The Morgan fingerprint density at radius 1 is 1.09 bits per heavy atom. The van der Waals surface area contributed by atoms with Crippen LogP contribution in [0.2, 0.25) is 10.0 Å². The van der Waals surface area contributed by atoms with E-state index in [1.54, 1.807) is 31.2 Å². The van der Waals surface area contributed by atoms with Gasteiger partial charge in [0, 0.05) is 35.3 Å². The van der Waals surface area contributed by atoms with Crippen molar-refractivity contribution in [2.24, 2.45) is 0 Å². The molecule has 12 heteroatoms. The number of hydrogen-bond donors (Lipinski definition) is 1. The smallest absolute Gasteiger partial charge is 0.244 e. The zero-order valence-electron chi connectivity index (χ0n) is 20.2. The summed E-state index contributed by atoms with van der Waals surface area (Å²) in [4.78, 5) is 27.6. The highest BCUT2D eigenvalue weighted by atomic mass is 35.5. The summed E-state index contributed by atoms with van der Waals surface area (Å²) in [5.41, 5.74) is 0.558. The van der Waals surface area contributed by atoms with Gasteiger partial charge in [-0.2, -0.15) is 0 Å². The van der Waals surface area contributed by atoms with Gasteiger partial charge in [-0.1, -0.05) is 36.2 Å². The number of methoxy groups -OCH3 is 2. The van der Waals surface area contributed by atoms with Crippen molar-refractivity contribution >= 4 is 50.7 Å². The van der Waals surface area contributed by atoms with E-state index in [1.807, 2.05) is 0 Å². The largest absolute Gasteiger partial charge is 0.497 e. The normalized spacial score (nSPS) is 12.0. The molecular weight excluding hydrogens is 517 g/mol. The molecule has 0 aromatic heterocycles. The third-order valence-corrected chi connectivity index (χ3v) is 7.19. The molecular formula is C23H29Cl2N3O6S. The molecule has 1 N–H and O–H groups in total. The molecule has 0 saturated carbocycles. The average Bonchev–Trinajstić information content (AvgIpc) is 2.82. The first kappa shape index (κ1) is 28.5. The second-order valence-electron chi connectivity index (χ2n) is 7.57. The van der Waals surface area contributed by atoms with Crippen molar-refractivity contribution in [3.05, 3.63) is 52.0 Å². The number of ether oxygens (including phenoxy) is 2. The Labute approximate surface area is 215 Å². The van der Waals surface area contributed by atoms with E-state index in [9.17, 15) is 18.0 Å². The fourth-order valence-electron chi connectivity index (χ4n) is 3.53. The topological polar surface area (TPSA) is 105 Å². The van der Waals surface area contributed by atoms with E-state index in [4.69, 9.17) is 32.7 Å². The number of amides is 2. The van der Waals surface area contributed by atoms with Gasteiger partial charge in [0.05, 0.1) is 26.2 Å². The summed E-state index contributed by atoms with van der Waals surface area (Å²) in [5, 5.41) is 3.18. The summed E-state index contributed by atoms with van der Waals surface area (Å²) in [5.74, 6) is -0.443. The third kappa shape index (κ3) is 6.93. The molecule has 0 heterocycles. The summed E-state index contributed by atoms with van der Waals surface area (Å²) >= 11 is 12.7. The summed E-state index contributed by atoms with van der Waals surface area (Å²) in [6.07, 6.45) is 1.25. The number of rotatable bonds is 11. The van der Waals surface area contributed by atoms with Gasteiger partial charge in [0.25, 0.3) is 0 Å². The number of nitrogens with one attached hydrogen (secondary N) is 1. The Kier molecular flexibility index (Phi) is 10.1. The number of hydrogen-bond acceptors (Lipinski definition) is 6. The number of carbonyl (C=O) groups excluding carboxylic acids is 2. The molecule has 0 bridgehead atoms. The van der Waals surface area contributed by atoms with E-state index in [0.29, 0.717) is 21.4 Å². The monoisotopic (exact) mass is 545 g/mol. The van der Waals surface area contributed by atoms with E-state index in [2.05, 4.69) is 5.32 Å². The van der Waals surface area contributed by atoms with Gasteiger partial charge in [-0.25, -0.2) is 8.42 Å². The zero-order valence-corrected chi connectivity index (χ0v) is 22.5. The Morgan fingerprint density at radius 2 is 1.71 bits per heavy atom. The lowest BCUT2D eigenvalue weighted by Crippen LogP contribution is -2.51. The summed E-state index contributed by atoms with van der Waals surface area (Å²) < 4.78 is 37.0. The highest BCUT2D eigenvalue weighted by Crippen LogP contribution is 2.34. The van der Waals surface area contributed by atoms with Crippen LogP contribution in [0.4, 0.5) is 5.69 Å². The van der Waals surface area contributed by atoms with Crippen LogP contribution in [0, 0.1) is 0 Å². The lowest BCUT2D eigenvalue weighted by atomic mass is 10.1. The molecule has 2 rings (SSSR count). The zero-order chi connectivity index (χ0) is 26.3. The van der Waals surface area contributed by atoms with Gasteiger partial charge in [0.15, 0.2) is 0 Å². The van der Waals surface area contributed by atoms with E-state index in [0.717, 1.165) is 10.6 Å². The maximum atomic E-state index is 13.7. The molecule has 0 aliphatic carbocycles. The number of anilines is 1. The quantitative estimate of drug-likeness (QED) is 0.464. The van der Waals surface area contributed by atoms with Crippen molar-refractivity contribution in [1.82, 2.24) is 10.2 Å². The van der Waals surface area contributed by atoms with Gasteiger partial charge in [0.2, 0.25) is 21.8 Å². The first-order valence-electron chi connectivity index (χ1n) is 10.6. The number of halogens is 2. The van der Waals surface area contributed by atoms with Gasteiger partial charge in [-0.05, 0) is 30.7 Å². The Balaban J connectivity index is 2.58. The van der Waals surface area contributed by atoms with Crippen LogP contribution >= 0.6 is 23.2 Å². The van der Waals surface area contributed by atoms with E-state index in [1.165, 1.54) is 38.3 Å². The molecule has 0 unspecified atom stereocenters. The van der Waals surface area contributed by atoms with Crippen LogP contribution in [-0.2, 0) is 26.2 Å². The van der Waals surface area contributed by atoms with E-state index in [-0.39, 0.29) is 24.4 Å². The molecule has 0 spiro atoms. The first-order chi connectivity index (χ1) is 16.5. The maximum Gasteiger partial charge on any atom is 0.244 e. The second kappa shape index (κ2) is 12.3. The van der Waals surface area contributed by atoms with Gasteiger partial charge in [-0.15, -0.1) is 0 Å². The predicted molar refractivity (Wildman–Crippen MR) is 137 cm³/mol. The molecule has 2 amide bonds. The molecule has 1 atom stereocenters. The standard InChI is InChI=1S/C23H29Cl2N3O6S/c1-6-19(23(30)26-2)27(13-16-17(24)8-7-9-18(16)25)22(29)14-28(35(5,31)32)20-12-15(33-3)10-11-21(20)34-4/h7-12,19H,6,13-14H2,1-5H3,(H,26,30)/t19-/m0/s1. The number of likely N-dealkylation sites (N-methyl/N-ethyl adjacent to an activating group) is 1. The van der Waals surface area contributed by atoms with Crippen LogP contribution in [-0.4, -0.2) is 65.2 Å². The highest BCUT2D eigenvalue weighted by Gasteiger charge is 2.33. The number of sulfonamides is 1. The van der Waals surface area contributed by atoms with Crippen LogP contribution in [0.3, 0.4) is 0 Å². The maximum absolute atomic E-state index is 13.7. The third-order valence-electron chi connectivity index (χ3n) is 5.36. The SMILES string of the molecule is CC[C@@H](C(=O)NC)N(Cc1c(Cl)cccc1Cl)C(=O)CN(c1cc(OC)ccc1OC)S(C)(=O)=O. The van der Waals surface area contributed by atoms with Gasteiger partial charge in [-0.3, -0.25) is 13.9 Å². The minimum Gasteiger partial charge on any atom is -0.497 e. The number of benzene rings is 2. The summed E-state index contributed by atoms with van der Waals surface area (Å²) in [6, 6.07) is 8.61. The molecule has 0 aliphatic heterocycles. The molecule has 0 radical (unpaired) electrons. The first-order valence-corrected chi connectivity index (χ1v) is 13.2. The van der Waals surface area contributed by atoms with E-state index >= 15 is 0 Å². The van der Waals surface area contributed by atoms with Gasteiger partial charge >= 0.3 is 0 Å². The molecule has 0 aliphatic rings. The van der Waals surface area contributed by atoms with Crippen molar-refractivity contribution in [1.29, 1.82) is 0 Å². The fourth-order valence-corrected chi connectivity index (χ4v) is 4.89. The van der Waals surface area contributed by atoms with Crippen LogP contribution < -0.4 is 19.1 Å². The molecule has 35 heavy (non-hydrogen) atoms. The number of carbonyl (C=O) groups is 2. The van der Waals surface area contributed by atoms with Crippen LogP contribution in [0.1, 0.15) is 18.9 Å². The Hall–Kier alpha value is -2.69. The fraction of sp³-hybridized carbons (Fsp3) is 0.391. The van der Waals surface area contributed by atoms with E-state index < -0.39 is 34.4 Å².